The molecule has 0 radical (unpaired) electrons. The molecule has 2 aliphatic carbocycles. The smallest absolute Gasteiger partial charge is 0.208 e. The lowest BCUT2D eigenvalue weighted by Crippen LogP contribution is -2.47. The summed E-state index contributed by atoms with van der Waals surface area (Å²) in [6.07, 6.45) is 13.9. The van der Waals surface area contributed by atoms with E-state index in [0.29, 0.717) is 18.8 Å². The number of hydrogen-bond acceptors (Lipinski definition) is 6. The van der Waals surface area contributed by atoms with Crippen molar-refractivity contribution in [2.45, 2.75) is 83.8 Å². The lowest BCUT2D eigenvalue weighted by atomic mass is 9.77. The quantitative estimate of drug-likeness (QED) is 0.285. The Hall–Kier alpha value is -3.50. The molecule has 4 heterocycles. The minimum Gasteiger partial charge on any atom is -0.471 e. The number of aromatic amines is 2. The molecule has 1 amide bonds. The zero-order valence-corrected chi connectivity index (χ0v) is 24.0. The van der Waals surface area contributed by atoms with Gasteiger partial charge in [0.25, 0.3) is 0 Å². The molecule has 41 heavy (non-hydrogen) atoms. The molecule has 1 fully saturated rings. The van der Waals surface area contributed by atoms with Crippen LogP contribution in [-0.2, 0) is 9.53 Å². The van der Waals surface area contributed by atoms with Gasteiger partial charge in [-0.1, -0.05) is 12.2 Å². The number of rotatable bonds is 7. The first-order chi connectivity index (χ1) is 19.9. The molecule has 0 spiro atoms. The first kappa shape index (κ1) is 27.7. The van der Waals surface area contributed by atoms with E-state index in [0.717, 1.165) is 78.4 Å². The minimum atomic E-state index is -1.13. The first-order valence-corrected chi connectivity index (χ1v) is 14.7. The Labute approximate surface area is 240 Å². The average molecular weight is 562 g/mol. The zero-order valence-electron chi connectivity index (χ0n) is 24.0. The molecule has 4 N–H and O–H groups in total. The van der Waals surface area contributed by atoms with Crippen molar-refractivity contribution in [3.05, 3.63) is 70.6 Å². The average Bonchev–Trinajstić information content (AvgIpc) is 3.73. The number of aryl methyl sites for hydroxylation is 1. The maximum atomic E-state index is 16.1. The summed E-state index contributed by atoms with van der Waals surface area (Å²) in [6.45, 7) is 7.41. The first-order valence-electron chi connectivity index (χ1n) is 14.7. The van der Waals surface area contributed by atoms with Crippen LogP contribution in [0, 0.1) is 12.8 Å². The Morgan fingerprint density at radius 1 is 1.20 bits per heavy atom. The number of likely N-dealkylation sites (tertiary alicyclic amines) is 1. The predicted octanol–water partition coefficient (Wildman–Crippen LogP) is 4.83. The van der Waals surface area contributed by atoms with Crippen LogP contribution in [0.1, 0.15) is 81.5 Å². The molecular formula is C31H40FN7O2. The Morgan fingerprint density at radius 2 is 2.02 bits per heavy atom. The summed E-state index contributed by atoms with van der Waals surface area (Å²) in [5, 5.41) is 6.51. The second-order valence-electron chi connectivity index (χ2n) is 11.7. The molecule has 10 heteroatoms. The van der Waals surface area contributed by atoms with Crippen LogP contribution in [0.15, 0.2) is 47.5 Å². The largest absolute Gasteiger partial charge is 0.471 e. The fourth-order valence-electron chi connectivity index (χ4n) is 6.66. The number of nitrogens with zero attached hydrogens (tertiary/aromatic N) is 3. The molecule has 2 aromatic heterocycles. The number of fused-ring (bicyclic) bond motifs is 1. The van der Waals surface area contributed by atoms with Crippen LogP contribution in [0.4, 0.5) is 4.39 Å². The highest BCUT2D eigenvalue weighted by atomic mass is 19.1. The van der Waals surface area contributed by atoms with Gasteiger partial charge in [-0.2, -0.15) is 0 Å². The van der Waals surface area contributed by atoms with Gasteiger partial charge in [-0.05, 0) is 81.6 Å². The summed E-state index contributed by atoms with van der Waals surface area (Å²) < 4.78 is 22.7. The van der Waals surface area contributed by atoms with Crippen molar-refractivity contribution in [3.8, 4) is 0 Å². The minimum absolute atomic E-state index is 0.101. The molecule has 9 nitrogen and oxygen atoms in total. The number of carbonyl (C=O) groups is 1. The molecule has 1 saturated heterocycles. The number of H-pyrrole nitrogens is 2. The molecule has 2 aromatic rings. The van der Waals surface area contributed by atoms with E-state index in [9.17, 15) is 4.79 Å². The fraction of sp³-hybridized carbons (Fsp3) is 0.516. The van der Waals surface area contributed by atoms with Gasteiger partial charge in [0, 0.05) is 24.6 Å². The number of carbonyl (C=O) groups excluding carboxylic acids is 1. The zero-order chi connectivity index (χ0) is 28.5. The molecule has 218 valence electrons. The summed E-state index contributed by atoms with van der Waals surface area (Å²) in [5.41, 5.74) is 5.79. The number of imidazole rings is 2. The molecular weight excluding hydrogens is 521 g/mol. The number of aromatic nitrogens is 4. The van der Waals surface area contributed by atoms with E-state index in [1.807, 2.05) is 26.1 Å². The number of ether oxygens (including phenoxy) is 1. The lowest BCUT2D eigenvalue weighted by molar-refractivity contribution is -0.110. The molecule has 0 bridgehead atoms. The van der Waals surface area contributed by atoms with Crippen molar-refractivity contribution < 1.29 is 13.9 Å². The van der Waals surface area contributed by atoms with E-state index >= 15 is 4.39 Å². The standard InChI is InChI=1S/C31H40FN7O2/c1-4-18(2)31-38-25-8-7-20(26-14-34-19(3)36-26)10-21(25)11-23-24(32)12-22(13-29(23)41-31)27-15-35-30(37-27)28-6-5-9-39(28)16-33-17-40/h4,7,13-15,17,21,24-25,28,31,38H,5-6,8-12,16H2,1-3H3,(H,33,40)(H,34,36)(H,35,37). The van der Waals surface area contributed by atoms with E-state index in [1.54, 1.807) is 6.20 Å². The van der Waals surface area contributed by atoms with Gasteiger partial charge in [0.2, 0.25) is 6.41 Å². The third-order valence-corrected chi connectivity index (χ3v) is 9.08. The van der Waals surface area contributed by atoms with E-state index in [1.165, 1.54) is 5.57 Å². The van der Waals surface area contributed by atoms with Crippen molar-refractivity contribution in [3.63, 3.8) is 0 Å². The van der Waals surface area contributed by atoms with Gasteiger partial charge < -0.3 is 20.0 Å². The Morgan fingerprint density at radius 3 is 2.80 bits per heavy atom. The number of nitrogens with one attached hydrogen (secondary N) is 4. The monoisotopic (exact) mass is 561 g/mol. The Bertz CT molecular complexity index is 1400. The maximum Gasteiger partial charge on any atom is 0.208 e. The molecule has 6 rings (SSSR count). The highest BCUT2D eigenvalue weighted by Gasteiger charge is 2.37. The van der Waals surface area contributed by atoms with Gasteiger partial charge in [0.05, 0.1) is 36.5 Å². The third kappa shape index (κ3) is 5.67. The lowest BCUT2D eigenvalue weighted by Gasteiger charge is -2.40. The second-order valence-corrected chi connectivity index (χ2v) is 11.7. The van der Waals surface area contributed by atoms with Gasteiger partial charge in [-0.3, -0.25) is 15.0 Å². The van der Waals surface area contributed by atoms with Crippen molar-refractivity contribution in [2.24, 2.45) is 5.92 Å². The van der Waals surface area contributed by atoms with Crippen molar-refractivity contribution in [1.29, 1.82) is 0 Å². The highest BCUT2D eigenvalue weighted by molar-refractivity contribution is 5.68. The van der Waals surface area contributed by atoms with Crippen LogP contribution in [0.3, 0.4) is 0 Å². The normalized spacial score (nSPS) is 29.1. The number of hydrogen-bond donors (Lipinski definition) is 4. The van der Waals surface area contributed by atoms with Crippen LogP contribution >= 0.6 is 0 Å². The van der Waals surface area contributed by atoms with Gasteiger partial charge >= 0.3 is 0 Å². The van der Waals surface area contributed by atoms with Crippen molar-refractivity contribution in [1.82, 2.24) is 35.5 Å². The van der Waals surface area contributed by atoms with Crippen LogP contribution in [0.25, 0.3) is 11.1 Å². The second kappa shape index (κ2) is 11.8. The summed E-state index contributed by atoms with van der Waals surface area (Å²) in [7, 11) is 0. The summed E-state index contributed by atoms with van der Waals surface area (Å²) in [5.74, 6) is 2.61. The summed E-state index contributed by atoms with van der Waals surface area (Å²) in [6, 6.07) is 0.288. The Kier molecular flexibility index (Phi) is 7.94. The van der Waals surface area contributed by atoms with Gasteiger partial charge in [0.1, 0.15) is 23.6 Å². The van der Waals surface area contributed by atoms with Crippen LogP contribution in [-0.4, -0.2) is 62.9 Å². The van der Waals surface area contributed by atoms with Crippen LogP contribution in [0.2, 0.25) is 0 Å². The molecule has 2 aliphatic heterocycles. The number of halogens is 1. The molecule has 5 atom stereocenters. The van der Waals surface area contributed by atoms with Crippen molar-refractivity contribution >= 4 is 17.6 Å². The number of alkyl halides is 1. The van der Waals surface area contributed by atoms with Gasteiger partial charge in [-0.25, -0.2) is 14.4 Å². The fourth-order valence-corrected chi connectivity index (χ4v) is 6.66. The van der Waals surface area contributed by atoms with Crippen molar-refractivity contribution in [2.75, 3.05) is 13.2 Å². The van der Waals surface area contributed by atoms with E-state index in [4.69, 9.17) is 4.74 Å². The van der Waals surface area contributed by atoms with Gasteiger partial charge in [-0.15, -0.1) is 0 Å². The summed E-state index contributed by atoms with van der Waals surface area (Å²) >= 11 is 0. The molecule has 4 aliphatic rings. The van der Waals surface area contributed by atoms with Gasteiger partial charge in [0.15, 0.2) is 6.23 Å². The molecule has 5 unspecified atom stereocenters. The third-order valence-electron chi connectivity index (χ3n) is 9.08. The van der Waals surface area contributed by atoms with Crippen LogP contribution < -0.4 is 10.6 Å². The van der Waals surface area contributed by atoms with E-state index in [-0.39, 0.29) is 30.7 Å². The van der Waals surface area contributed by atoms with Crippen LogP contribution in [0.5, 0.6) is 0 Å². The van der Waals surface area contributed by atoms with E-state index in [2.05, 4.69) is 54.5 Å². The number of allylic oxidation sites excluding steroid dienone is 5. The number of amides is 1. The van der Waals surface area contributed by atoms with E-state index < -0.39 is 6.17 Å². The SMILES string of the molecule is CC=C(C)C1NC2CC=C(c3cnc(C)[nH]3)CC2CC2=C(C=C(c3cnc(C4CCCN4CNC=O)[nH]3)CC2F)O1. The maximum absolute atomic E-state index is 16.1. The topological polar surface area (TPSA) is 111 Å². The highest BCUT2D eigenvalue weighted by Crippen LogP contribution is 2.42. The summed E-state index contributed by atoms with van der Waals surface area (Å²) in [4.78, 5) is 28.9. The Balaban J connectivity index is 1.29. The molecule has 0 aromatic carbocycles. The predicted molar refractivity (Wildman–Crippen MR) is 156 cm³/mol. The molecule has 0 saturated carbocycles.